The van der Waals surface area contributed by atoms with Gasteiger partial charge in [-0.3, -0.25) is 9.89 Å². The number of fused-ring (bicyclic) bond motifs is 1. The lowest BCUT2D eigenvalue weighted by molar-refractivity contribution is 0.0951. The molecule has 1 fully saturated rings. The number of carbonyl (C=O) groups excluding carboxylic acids is 1. The van der Waals surface area contributed by atoms with Crippen molar-refractivity contribution in [2.45, 2.75) is 57.8 Å². The molecule has 5 heteroatoms. The van der Waals surface area contributed by atoms with Crippen molar-refractivity contribution < 1.29 is 4.79 Å². The van der Waals surface area contributed by atoms with E-state index >= 15 is 0 Å². The first-order valence-corrected chi connectivity index (χ1v) is 8.63. The first-order chi connectivity index (χ1) is 11.3. The van der Waals surface area contributed by atoms with E-state index in [4.69, 9.17) is 0 Å². The quantitative estimate of drug-likeness (QED) is 0.817. The molecule has 122 valence electrons. The summed E-state index contributed by atoms with van der Waals surface area (Å²) in [6, 6.07) is 7.63. The van der Waals surface area contributed by atoms with Crippen LogP contribution in [0, 0.1) is 0 Å². The number of aromatic amines is 1. The molecule has 2 N–H and O–H groups in total. The van der Waals surface area contributed by atoms with Crippen LogP contribution >= 0.6 is 0 Å². The van der Waals surface area contributed by atoms with Crippen LogP contribution in [0.25, 0.3) is 10.9 Å². The Morgan fingerprint density at radius 2 is 1.65 bits per heavy atom. The largest absolute Gasteiger partial charge is 0.292 e. The molecule has 1 saturated carbocycles. The summed E-state index contributed by atoms with van der Waals surface area (Å²) in [5, 5.41) is 12.2. The molecule has 0 atom stereocenters. The Bertz CT molecular complexity index is 677. The fraction of sp³-hybridized carbons (Fsp3) is 0.500. The standard InChI is InChI=1S/C18H24N4O/c23-18(17-15-12-8-9-13-16(15)20-21-17)22-19-14-10-6-4-2-1-3-5-7-11-14/h8-9,12-13H,1-7,10-11H2,(H,20,21)(H,22,23). The van der Waals surface area contributed by atoms with Gasteiger partial charge in [-0.2, -0.15) is 10.2 Å². The molecular weight excluding hydrogens is 288 g/mol. The minimum Gasteiger partial charge on any atom is -0.277 e. The van der Waals surface area contributed by atoms with Gasteiger partial charge in [0.1, 0.15) is 0 Å². The zero-order valence-corrected chi connectivity index (χ0v) is 13.5. The summed E-state index contributed by atoms with van der Waals surface area (Å²) in [5.41, 5.74) is 5.08. The van der Waals surface area contributed by atoms with E-state index in [1.165, 1.54) is 44.9 Å². The van der Waals surface area contributed by atoms with Gasteiger partial charge in [0.25, 0.3) is 5.91 Å². The van der Waals surface area contributed by atoms with Crippen LogP contribution in [0.4, 0.5) is 0 Å². The highest BCUT2D eigenvalue weighted by Gasteiger charge is 2.13. The number of nitrogens with zero attached hydrogens (tertiary/aromatic N) is 2. The number of H-pyrrole nitrogens is 1. The summed E-state index contributed by atoms with van der Waals surface area (Å²) in [5.74, 6) is -0.243. The summed E-state index contributed by atoms with van der Waals surface area (Å²) in [6.45, 7) is 0. The number of para-hydroxylation sites is 1. The predicted molar refractivity (Wildman–Crippen MR) is 92.5 cm³/mol. The number of hydrogen-bond donors (Lipinski definition) is 2. The summed E-state index contributed by atoms with van der Waals surface area (Å²) in [4.78, 5) is 12.3. The summed E-state index contributed by atoms with van der Waals surface area (Å²) in [7, 11) is 0. The van der Waals surface area contributed by atoms with Gasteiger partial charge in [0.15, 0.2) is 5.69 Å². The Labute approximate surface area is 136 Å². The maximum absolute atomic E-state index is 12.3. The van der Waals surface area contributed by atoms with Crippen LogP contribution in [0.5, 0.6) is 0 Å². The van der Waals surface area contributed by atoms with Crippen LogP contribution in [0.1, 0.15) is 68.3 Å². The van der Waals surface area contributed by atoms with E-state index in [-0.39, 0.29) is 5.91 Å². The molecule has 0 radical (unpaired) electrons. The normalized spacial score (nSPS) is 17.0. The zero-order chi connectivity index (χ0) is 15.9. The average Bonchev–Trinajstić information content (AvgIpc) is 3.02. The van der Waals surface area contributed by atoms with Crippen molar-refractivity contribution in [2.24, 2.45) is 5.10 Å². The third-order valence-corrected chi connectivity index (χ3v) is 4.43. The lowest BCUT2D eigenvalue weighted by Crippen LogP contribution is -2.20. The van der Waals surface area contributed by atoms with Gasteiger partial charge in [-0.15, -0.1) is 0 Å². The third kappa shape index (κ3) is 4.18. The molecule has 0 unspecified atom stereocenters. The van der Waals surface area contributed by atoms with Gasteiger partial charge in [-0.05, 0) is 31.7 Å². The number of benzene rings is 1. The SMILES string of the molecule is O=C(NN=C1CCCCCCCCC1)c1n[nH]c2ccccc12. The summed E-state index contributed by atoms with van der Waals surface area (Å²) < 4.78 is 0. The minimum absolute atomic E-state index is 0.243. The topological polar surface area (TPSA) is 70.1 Å². The van der Waals surface area contributed by atoms with Crippen LogP contribution in [0.3, 0.4) is 0 Å². The smallest absolute Gasteiger partial charge is 0.277 e. The van der Waals surface area contributed by atoms with Crippen molar-refractivity contribution >= 4 is 22.5 Å². The maximum Gasteiger partial charge on any atom is 0.292 e. The van der Waals surface area contributed by atoms with Crippen LogP contribution in [-0.4, -0.2) is 21.8 Å². The molecule has 1 aromatic heterocycles. The highest BCUT2D eigenvalue weighted by atomic mass is 16.2. The molecule has 0 spiro atoms. The van der Waals surface area contributed by atoms with E-state index in [2.05, 4.69) is 20.7 Å². The van der Waals surface area contributed by atoms with Gasteiger partial charge < -0.3 is 0 Å². The first-order valence-electron chi connectivity index (χ1n) is 8.63. The Hall–Kier alpha value is -2.17. The van der Waals surface area contributed by atoms with Gasteiger partial charge in [-0.25, -0.2) is 5.43 Å². The molecule has 1 aliphatic carbocycles. The second-order valence-corrected chi connectivity index (χ2v) is 6.21. The van der Waals surface area contributed by atoms with Gasteiger partial charge in [0.05, 0.1) is 5.52 Å². The average molecular weight is 312 g/mol. The lowest BCUT2D eigenvalue weighted by Gasteiger charge is -2.10. The Morgan fingerprint density at radius 3 is 2.39 bits per heavy atom. The minimum atomic E-state index is -0.243. The van der Waals surface area contributed by atoms with Crippen LogP contribution < -0.4 is 5.43 Å². The Balaban J connectivity index is 1.66. The second kappa shape index (κ2) is 7.90. The lowest BCUT2D eigenvalue weighted by atomic mass is 10.00. The van der Waals surface area contributed by atoms with Gasteiger partial charge in [-0.1, -0.05) is 50.3 Å². The molecule has 5 nitrogen and oxygen atoms in total. The van der Waals surface area contributed by atoms with Gasteiger partial charge in [0.2, 0.25) is 0 Å². The van der Waals surface area contributed by atoms with Crippen molar-refractivity contribution in [3.8, 4) is 0 Å². The first kappa shape index (κ1) is 15.7. The van der Waals surface area contributed by atoms with Gasteiger partial charge in [0, 0.05) is 11.1 Å². The number of nitrogens with one attached hydrogen (secondary N) is 2. The number of aromatic nitrogens is 2. The monoisotopic (exact) mass is 312 g/mol. The van der Waals surface area contributed by atoms with E-state index in [1.807, 2.05) is 24.3 Å². The van der Waals surface area contributed by atoms with Crippen molar-refractivity contribution in [2.75, 3.05) is 0 Å². The predicted octanol–water partition coefficient (Wildman–Crippen LogP) is 4.17. The number of carbonyl (C=O) groups is 1. The molecule has 3 rings (SSSR count). The summed E-state index contributed by atoms with van der Waals surface area (Å²) in [6.07, 6.45) is 10.8. The van der Waals surface area contributed by atoms with Gasteiger partial charge >= 0.3 is 0 Å². The molecule has 1 aliphatic rings. The van der Waals surface area contributed by atoms with Crippen molar-refractivity contribution in [3.63, 3.8) is 0 Å². The third-order valence-electron chi connectivity index (χ3n) is 4.43. The highest BCUT2D eigenvalue weighted by molar-refractivity contribution is 6.04. The maximum atomic E-state index is 12.3. The number of amides is 1. The Morgan fingerprint density at radius 1 is 1.00 bits per heavy atom. The molecule has 0 aliphatic heterocycles. The van der Waals surface area contributed by atoms with Crippen molar-refractivity contribution in [1.29, 1.82) is 0 Å². The fourth-order valence-corrected chi connectivity index (χ4v) is 3.10. The van der Waals surface area contributed by atoms with E-state index in [0.29, 0.717) is 5.69 Å². The molecule has 1 amide bonds. The molecule has 0 bridgehead atoms. The second-order valence-electron chi connectivity index (χ2n) is 6.21. The number of hydrogen-bond acceptors (Lipinski definition) is 3. The molecule has 23 heavy (non-hydrogen) atoms. The van der Waals surface area contributed by atoms with Crippen LogP contribution in [0.15, 0.2) is 29.4 Å². The van der Waals surface area contributed by atoms with Crippen LogP contribution in [0.2, 0.25) is 0 Å². The van der Waals surface area contributed by atoms with E-state index in [1.54, 1.807) is 0 Å². The summed E-state index contributed by atoms with van der Waals surface area (Å²) >= 11 is 0. The van der Waals surface area contributed by atoms with Crippen molar-refractivity contribution in [1.82, 2.24) is 15.6 Å². The number of rotatable bonds is 2. The zero-order valence-electron chi connectivity index (χ0n) is 13.5. The highest BCUT2D eigenvalue weighted by Crippen LogP contribution is 2.16. The van der Waals surface area contributed by atoms with Crippen molar-refractivity contribution in [3.05, 3.63) is 30.0 Å². The molecule has 1 heterocycles. The van der Waals surface area contributed by atoms with E-state index < -0.39 is 0 Å². The molecule has 0 saturated heterocycles. The van der Waals surface area contributed by atoms with Crippen LogP contribution in [-0.2, 0) is 0 Å². The molecule has 1 aromatic carbocycles. The van der Waals surface area contributed by atoms with E-state index in [9.17, 15) is 4.79 Å². The Kier molecular flexibility index (Phi) is 5.40. The number of hydrazone groups is 1. The molecular formula is C18H24N4O. The molecule has 2 aromatic rings. The fourth-order valence-electron chi connectivity index (χ4n) is 3.10. The van der Waals surface area contributed by atoms with E-state index in [0.717, 1.165) is 29.5 Å².